The van der Waals surface area contributed by atoms with Gasteiger partial charge in [0.1, 0.15) is 18.1 Å². The summed E-state index contributed by atoms with van der Waals surface area (Å²) in [4.78, 5) is 37.0. The maximum absolute atomic E-state index is 13.0. The van der Waals surface area contributed by atoms with Crippen molar-refractivity contribution in [2.75, 3.05) is 26.1 Å². The van der Waals surface area contributed by atoms with Gasteiger partial charge in [-0.3, -0.25) is 4.79 Å². The molecule has 0 radical (unpaired) electrons. The first-order chi connectivity index (χ1) is 16.4. The maximum atomic E-state index is 13.0. The van der Waals surface area contributed by atoms with E-state index in [2.05, 4.69) is 5.32 Å². The smallest absolute Gasteiger partial charge is 0.337 e. The first-order valence-electron chi connectivity index (χ1n) is 10.5. The zero-order valence-corrected chi connectivity index (χ0v) is 19.1. The number of carbonyl (C=O) groups excluding carboxylic acids is 3. The van der Waals surface area contributed by atoms with Gasteiger partial charge < -0.3 is 24.3 Å². The second kappa shape index (κ2) is 11.5. The van der Waals surface area contributed by atoms with Crippen molar-refractivity contribution >= 4 is 23.5 Å². The third kappa shape index (κ3) is 6.13. The average molecular weight is 463 g/mol. The zero-order chi connectivity index (χ0) is 24.5. The topological polar surface area (TPSA) is 100 Å². The van der Waals surface area contributed by atoms with Gasteiger partial charge in [0.15, 0.2) is 0 Å². The van der Waals surface area contributed by atoms with E-state index < -0.39 is 17.8 Å². The van der Waals surface area contributed by atoms with Crippen LogP contribution >= 0.6 is 0 Å². The average Bonchev–Trinajstić information content (AvgIpc) is 2.87. The summed E-state index contributed by atoms with van der Waals surface area (Å²) in [6.45, 7) is 2.53. The van der Waals surface area contributed by atoms with Gasteiger partial charge in [0, 0.05) is 16.8 Å². The number of ether oxygens (including phenoxy) is 4. The Hall–Kier alpha value is -4.33. The van der Waals surface area contributed by atoms with E-state index in [0.29, 0.717) is 29.2 Å². The van der Waals surface area contributed by atoms with Gasteiger partial charge in [-0.1, -0.05) is 18.2 Å². The summed E-state index contributed by atoms with van der Waals surface area (Å²) in [6.07, 6.45) is 0. The Morgan fingerprint density at radius 1 is 0.765 bits per heavy atom. The Kier molecular flexibility index (Phi) is 8.23. The number of rotatable bonds is 9. The fourth-order valence-corrected chi connectivity index (χ4v) is 3.18. The normalized spacial score (nSPS) is 10.2. The van der Waals surface area contributed by atoms with Crippen LogP contribution in [0.5, 0.6) is 11.5 Å². The van der Waals surface area contributed by atoms with E-state index >= 15 is 0 Å². The Balaban J connectivity index is 1.86. The number of hydrogen-bond acceptors (Lipinski definition) is 7. The molecular formula is C26H25NO7. The lowest BCUT2D eigenvalue weighted by Crippen LogP contribution is -2.15. The molecule has 0 heterocycles. The third-order valence-electron chi connectivity index (χ3n) is 4.79. The van der Waals surface area contributed by atoms with Crippen molar-refractivity contribution in [1.29, 1.82) is 0 Å². The van der Waals surface area contributed by atoms with Crippen LogP contribution in [0.25, 0.3) is 0 Å². The van der Waals surface area contributed by atoms with Gasteiger partial charge in [0.05, 0.1) is 32.0 Å². The molecule has 0 spiro atoms. The highest BCUT2D eigenvalue weighted by Gasteiger charge is 2.17. The van der Waals surface area contributed by atoms with Crippen molar-refractivity contribution in [2.24, 2.45) is 0 Å². The molecule has 0 aliphatic carbocycles. The number of carbonyl (C=O) groups is 3. The molecule has 1 amide bonds. The molecule has 0 saturated heterocycles. The van der Waals surface area contributed by atoms with E-state index in [4.69, 9.17) is 18.9 Å². The molecule has 0 aliphatic rings. The number of amides is 1. The van der Waals surface area contributed by atoms with Gasteiger partial charge in [-0.2, -0.15) is 0 Å². The van der Waals surface area contributed by atoms with Crippen LogP contribution in [0.3, 0.4) is 0 Å². The molecule has 0 aromatic heterocycles. The number of esters is 2. The monoisotopic (exact) mass is 463 g/mol. The summed E-state index contributed by atoms with van der Waals surface area (Å²) in [5, 5.41) is 2.71. The van der Waals surface area contributed by atoms with Crippen LogP contribution in [-0.4, -0.2) is 38.7 Å². The molecule has 0 atom stereocenters. The second-order valence-electron chi connectivity index (χ2n) is 7.09. The van der Waals surface area contributed by atoms with Crippen molar-refractivity contribution in [3.63, 3.8) is 0 Å². The fraction of sp³-hybridized carbons (Fsp3) is 0.192. The highest BCUT2D eigenvalue weighted by molar-refractivity contribution is 6.06. The molecule has 176 valence electrons. The number of methoxy groups -OCH3 is 2. The van der Waals surface area contributed by atoms with Crippen LogP contribution in [0.1, 0.15) is 43.6 Å². The minimum absolute atomic E-state index is 0.101. The summed E-state index contributed by atoms with van der Waals surface area (Å²) in [5.74, 6) is -0.447. The lowest BCUT2D eigenvalue weighted by atomic mass is 10.1. The van der Waals surface area contributed by atoms with Crippen LogP contribution < -0.4 is 14.8 Å². The van der Waals surface area contributed by atoms with Crippen molar-refractivity contribution in [1.82, 2.24) is 0 Å². The van der Waals surface area contributed by atoms with Crippen LogP contribution in [0, 0.1) is 0 Å². The van der Waals surface area contributed by atoms with Gasteiger partial charge >= 0.3 is 11.9 Å². The highest BCUT2D eigenvalue weighted by atomic mass is 16.5. The van der Waals surface area contributed by atoms with E-state index in [9.17, 15) is 14.4 Å². The quantitative estimate of drug-likeness (QED) is 0.467. The first-order valence-corrected chi connectivity index (χ1v) is 10.5. The summed E-state index contributed by atoms with van der Waals surface area (Å²) in [6, 6.07) is 18.5. The molecule has 3 aromatic carbocycles. The van der Waals surface area contributed by atoms with Gasteiger partial charge in [0.2, 0.25) is 0 Å². The zero-order valence-electron chi connectivity index (χ0n) is 19.1. The molecule has 8 heteroatoms. The molecule has 0 aliphatic heterocycles. The Morgan fingerprint density at radius 2 is 1.41 bits per heavy atom. The molecule has 0 fully saturated rings. The van der Waals surface area contributed by atoms with E-state index in [1.807, 2.05) is 37.3 Å². The Morgan fingerprint density at radius 3 is 2.00 bits per heavy atom. The lowest BCUT2D eigenvalue weighted by molar-refractivity contribution is 0.0599. The van der Waals surface area contributed by atoms with Crippen LogP contribution in [0.4, 0.5) is 5.69 Å². The van der Waals surface area contributed by atoms with Crippen molar-refractivity contribution in [3.05, 3.63) is 89.0 Å². The number of benzene rings is 3. The van der Waals surface area contributed by atoms with E-state index in [0.717, 1.165) is 0 Å². The SMILES string of the molecule is CCOc1ccc(C(=O)Nc2cc(C(=O)OC)cc(C(=O)OC)c2)cc1COc1ccccc1. The molecule has 0 unspecified atom stereocenters. The minimum Gasteiger partial charge on any atom is -0.493 e. The predicted molar refractivity (Wildman–Crippen MR) is 125 cm³/mol. The standard InChI is InChI=1S/C26H25NO7/c1-4-33-23-11-10-17(12-20(23)16-34-22-8-6-5-7-9-22)24(28)27-21-14-18(25(29)31-2)13-19(15-21)26(30)32-3/h5-15H,4,16H2,1-3H3,(H,27,28). The lowest BCUT2D eigenvalue weighted by Gasteiger charge is -2.14. The second-order valence-corrected chi connectivity index (χ2v) is 7.09. The first kappa shape index (κ1) is 24.3. The summed E-state index contributed by atoms with van der Waals surface area (Å²) in [5.41, 5.74) is 1.48. The summed E-state index contributed by atoms with van der Waals surface area (Å²) >= 11 is 0. The molecule has 0 saturated carbocycles. The number of anilines is 1. The van der Waals surface area contributed by atoms with Gasteiger partial charge in [-0.15, -0.1) is 0 Å². The van der Waals surface area contributed by atoms with E-state index in [1.54, 1.807) is 18.2 Å². The summed E-state index contributed by atoms with van der Waals surface area (Å²) in [7, 11) is 2.45. The molecular weight excluding hydrogens is 438 g/mol. The van der Waals surface area contributed by atoms with Gasteiger partial charge in [-0.25, -0.2) is 9.59 Å². The Bertz CT molecular complexity index is 1140. The molecule has 1 N–H and O–H groups in total. The van der Waals surface area contributed by atoms with Crippen LogP contribution in [0.15, 0.2) is 66.7 Å². The van der Waals surface area contributed by atoms with Crippen molar-refractivity contribution in [3.8, 4) is 11.5 Å². The Labute approximate surface area is 197 Å². The van der Waals surface area contributed by atoms with E-state index in [1.165, 1.54) is 32.4 Å². The summed E-state index contributed by atoms with van der Waals surface area (Å²) < 4.78 is 21.0. The van der Waals surface area contributed by atoms with Crippen molar-refractivity contribution < 1.29 is 33.3 Å². The highest BCUT2D eigenvalue weighted by Crippen LogP contribution is 2.24. The molecule has 3 rings (SSSR count). The minimum atomic E-state index is -0.650. The maximum Gasteiger partial charge on any atom is 0.337 e. The predicted octanol–water partition coefficient (Wildman–Crippen LogP) is 4.49. The number of nitrogens with one attached hydrogen (secondary N) is 1. The number of para-hydroxylation sites is 1. The van der Waals surface area contributed by atoms with Gasteiger partial charge in [0.25, 0.3) is 5.91 Å². The molecule has 0 bridgehead atoms. The molecule has 34 heavy (non-hydrogen) atoms. The number of hydrogen-bond donors (Lipinski definition) is 1. The van der Waals surface area contributed by atoms with Crippen LogP contribution in [0.2, 0.25) is 0 Å². The van der Waals surface area contributed by atoms with Crippen LogP contribution in [-0.2, 0) is 16.1 Å². The molecule has 8 nitrogen and oxygen atoms in total. The third-order valence-corrected chi connectivity index (χ3v) is 4.79. The van der Waals surface area contributed by atoms with Crippen molar-refractivity contribution in [2.45, 2.75) is 13.5 Å². The van der Waals surface area contributed by atoms with Gasteiger partial charge in [-0.05, 0) is 55.5 Å². The molecule has 3 aromatic rings. The largest absolute Gasteiger partial charge is 0.493 e. The fourth-order valence-electron chi connectivity index (χ4n) is 3.18. The van der Waals surface area contributed by atoms with E-state index in [-0.39, 0.29) is 23.4 Å².